The minimum absolute atomic E-state index is 0.381. The third-order valence-corrected chi connectivity index (χ3v) is 3.46. The first-order chi connectivity index (χ1) is 9.99. The quantitative estimate of drug-likeness (QED) is 0.915. The highest BCUT2D eigenvalue weighted by Crippen LogP contribution is 2.23. The fourth-order valence-corrected chi connectivity index (χ4v) is 2.49. The molecule has 0 aromatic carbocycles. The first kappa shape index (κ1) is 15.5. The van der Waals surface area contributed by atoms with Crippen LogP contribution < -0.4 is 5.32 Å². The van der Waals surface area contributed by atoms with E-state index in [1.54, 1.807) is 6.20 Å². The van der Waals surface area contributed by atoms with Gasteiger partial charge in [0.2, 0.25) is 0 Å². The molecule has 5 heteroatoms. The van der Waals surface area contributed by atoms with Crippen LogP contribution in [0.1, 0.15) is 43.6 Å². The normalized spacial score (nSPS) is 12.7. The zero-order valence-corrected chi connectivity index (χ0v) is 13.4. The largest absolute Gasteiger partial charge is 0.314 e. The third kappa shape index (κ3) is 3.82. The lowest BCUT2D eigenvalue weighted by Crippen LogP contribution is -2.27. The minimum Gasteiger partial charge on any atom is -0.314 e. The molecule has 0 bridgehead atoms. The molecule has 0 amide bonds. The molecule has 2 heterocycles. The maximum Gasteiger partial charge on any atom is 0.178 e. The summed E-state index contributed by atoms with van der Waals surface area (Å²) in [5.74, 6) is 1.05. The van der Waals surface area contributed by atoms with E-state index in [0.29, 0.717) is 17.8 Å². The van der Waals surface area contributed by atoms with Crippen LogP contribution in [0.4, 0.5) is 0 Å². The molecule has 1 atom stereocenters. The summed E-state index contributed by atoms with van der Waals surface area (Å²) in [4.78, 5) is 17.4. The van der Waals surface area contributed by atoms with Gasteiger partial charge in [-0.1, -0.05) is 20.8 Å². The van der Waals surface area contributed by atoms with Crippen molar-refractivity contribution in [2.75, 3.05) is 6.54 Å². The van der Waals surface area contributed by atoms with Crippen molar-refractivity contribution >= 4 is 0 Å². The monoisotopic (exact) mass is 285 g/mol. The van der Waals surface area contributed by atoms with Crippen LogP contribution in [0.5, 0.6) is 0 Å². The van der Waals surface area contributed by atoms with E-state index in [1.807, 2.05) is 19.9 Å². The van der Waals surface area contributed by atoms with Crippen molar-refractivity contribution in [2.24, 2.45) is 0 Å². The van der Waals surface area contributed by atoms with Gasteiger partial charge in [-0.05, 0) is 31.4 Å². The van der Waals surface area contributed by atoms with Crippen LogP contribution in [0.15, 0.2) is 18.6 Å². The molecule has 0 saturated carbocycles. The van der Waals surface area contributed by atoms with Gasteiger partial charge in [0.25, 0.3) is 0 Å². The summed E-state index contributed by atoms with van der Waals surface area (Å²) in [6, 6.07) is 2.31. The SMILES string of the molecule is Cc1nc(-c2ccncn2)nc(C)c1C(C)CNC(C)C. The second-order valence-corrected chi connectivity index (χ2v) is 5.69. The van der Waals surface area contributed by atoms with Crippen LogP contribution in [0.2, 0.25) is 0 Å². The van der Waals surface area contributed by atoms with E-state index in [1.165, 1.54) is 11.9 Å². The zero-order chi connectivity index (χ0) is 15.4. The predicted molar refractivity (Wildman–Crippen MR) is 84.1 cm³/mol. The number of hydrogen-bond donors (Lipinski definition) is 1. The van der Waals surface area contributed by atoms with Crippen LogP contribution in [-0.2, 0) is 0 Å². The highest BCUT2D eigenvalue weighted by molar-refractivity contribution is 5.49. The summed E-state index contributed by atoms with van der Waals surface area (Å²) in [5, 5.41) is 3.47. The fourth-order valence-electron chi connectivity index (χ4n) is 2.49. The van der Waals surface area contributed by atoms with Gasteiger partial charge in [-0.2, -0.15) is 0 Å². The van der Waals surface area contributed by atoms with Gasteiger partial charge in [-0.15, -0.1) is 0 Å². The Morgan fingerprint density at radius 1 is 1.10 bits per heavy atom. The molecule has 21 heavy (non-hydrogen) atoms. The average Bonchev–Trinajstić information content (AvgIpc) is 2.45. The molecule has 0 spiro atoms. The molecule has 2 rings (SSSR count). The van der Waals surface area contributed by atoms with Crippen LogP contribution >= 0.6 is 0 Å². The van der Waals surface area contributed by atoms with Crippen LogP contribution in [0, 0.1) is 13.8 Å². The Kier molecular flexibility index (Phi) is 4.96. The summed E-state index contributed by atoms with van der Waals surface area (Å²) in [6.07, 6.45) is 3.23. The number of nitrogens with one attached hydrogen (secondary N) is 1. The van der Waals surface area contributed by atoms with E-state index in [4.69, 9.17) is 0 Å². The Bertz CT molecular complexity index is 572. The fraction of sp³-hybridized carbons (Fsp3) is 0.500. The summed E-state index contributed by atoms with van der Waals surface area (Å²) in [6.45, 7) is 11.5. The Hall–Kier alpha value is -1.88. The van der Waals surface area contributed by atoms with Gasteiger partial charge in [-0.25, -0.2) is 19.9 Å². The van der Waals surface area contributed by atoms with Gasteiger partial charge in [-0.3, -0.25) is 0 Å². The summed E-state index contributed by atoms with van der Waals surface area (Å²) < 4.78 is 0. The van der Waals surface area contributed by atoms with Crippen molar-refractivity contribution in [2.45, 2.75) is 46.6 Å². The number of hydrogen-bond acceptors (Lipinski definition) is 5. The third-order valence-electron chi connectivity index (χ3n) is 3.46. The van der Waals surface area contributed by atoms with E-state index in [9.17, 15) is 0 Å². The second-order valence-electron chi connectivity index (χ2n) is 5.69. The van der Waals surface area contributed by atoms with Crippen molar-refractivity contribution in [1.82, 2.24) is 25.3 Å². The maximum absolute atomic E-state index is 4.62. The molecular weight excluding hydrogens is 262 g/mol. The first-order valence-corrected chi connectivity index (χ1v) is 7.34. The molecule has 0 saturated heterocycles. The van der Waals surface area contributed by atoms with Crippen LogP contribution in [0.25, 0.3) is 11.5 Å². The Balaban J connectivity index is 2.29. The van der Waals surface area contributed by atoms with Gasteiger partial charge < -0.3 is 5.32 Å². The van der Waals surface area contributed by atoms with Gasteiger partial charge in [0.15, 0.2) is 5.82 Å². The Morgan fingerprint density at radius 3 is 2.29 bits per heavy atom. The van der Waals surface area contributed by atoms with E-state index >= 15 is 0 Å². The van der Waals surface area contributed by atoms with Crippen molar-refractivity contribution in [3.8, 4) is 11.5 Å². The van der Waals surface area contributed by atoms with E-state index in [0.717, 1.165) is 23.6 Å². The zero-order valence-electron chi connectivity index (χ0n) is 13.4. The molecule has 2 aromatic rings. The van der Waals surface area contributed by atoms with Gasteiger partial charge in [0.1, 0.15) is 12.0 Å². The summed E-state index contributed by atoms with van der Waals surface area (Å²) >= 11 is 0. The first-order valence-electron chi connectivity index (χ1n) is 7.34. The van der Waals surface area contributed by atoms with Crippen molar-refractivity contribution in [1.29, 1.82) is 0 Å². The lowest BCUT2D eigenvalue weighted by Gasteiger charge is -2.19. The van der Waals surface area contributed by atoms with Gasteiger partial charge in [0.05, 0.1) is 0 Å². The highest BCUT2D eigenvalue weighted by Gasteiger charge is 2.16. The number of aryl methyl sites for hydroxylation is 2. The average molecular weight is 285 g/mol. The molecule has 1 N–H and O–H groups in total. The molecule has 0 aliphatic carbocycles. The molecule has 2 aromatic heterocycles. The molecule has 0 aliphatic heterocycles. The smallest absolute Gasteiger partial charge is 0.178 e. The Labute approximate surface area is 126 Å². The molecule has 0 fully saturated rings. The number of rotatable bonds is 5. The summed E-state index contributed by atoms with van der Waals surface area (Å²) in [5.41, 5.74) is 4.03. The minimum atomic E-state index is 0.381. The lowest BCUT2D eigenvalue weighted by molar-refractivity contribution is 0.544. The standard InChI is InChI=1S/C16H23N5/c1-10(2)18-8-11(3)15-12(4)20-16(21-13(15)5)14-6-7-17-9-19-14/h6-7,9-11,18H,8H2,1-5H3. The Morgan fingerprint density at radius 2 is 1.76 bits per heavy atom. The van der Waals surface area contributed by atoms with Crippen LogP contribution in [-0.4, -0.2) is 32.5 Å². The van der Waals surface area contributed by atoms with E-state index in [2.05, 4.69) is 46.0 Å². The van der Waals surface area contributed by atoms with Crippen molar-refractivity contribution < 1.29 is 0 Å². The predicted octanol–water partition coefficient (Wildman–Crippen LogP) is 2.65. The van der Waals surface area contributed by atoms with E-state index < -0.39 is 0 Å². The number of nitrogens with zero attached hydrogens (tertiary/aromatic N) is 4. The van der Waals surface area contributed by atoms with Crippen LogP contribution in [0.3, 0.4) is 0 Å². The lowest BCUT2D eigenvalue weighted by atomic mass is 9.97. The van der Waals surface area contributed by atoms with E-state index in [-0.39, 0.29) is 0 Å². The molecular formula is C16H23N5. The molecule has 5 nitrogen and oxygen atoms in total. The topological polar surface area (TPSA) is 63.6 Å². The van der Waals surface area contributed by atoms with Gasteiger partial charge >= 0.3 is 0 Å². The summed E-state index contributed by atoms with van der Waals surface area (Å²) in [7, 11) is 0. The second kappa shape index (κ2) is 6.72. The van der Waals surface area contributed by atoms with Crippen molar-refractivity contribution in [3.05, 3.63) is 35.5 Å². The molecule has 112 valence electrons. The molecule has 0 radical (unpaired) electrons. The van der Waals surface area contributed by atoms with Crippen molar-refractivity contribution in [3.63, 3.8) is 0 Å². The highest BCUT2D eigenvalue weighted by atomic mass is 14.9. The van der Waals surface area contributed by atoms with Gasteiger partial charge in [0, 0.05) is 30.2 Å². The maximum atomic E-state index is 4.62. The number of aromatic nitrogens is 4. The molecule has 0 aliphatic rings. The molecule has 1 unspecified atom stereocenters.